The molecule has 0 unspecified atom stereocenters. The van der Waals surface area contributed by atoms with Gasteiger partial charge >= 0.3 is 6.09 Å². The Balaban J connectivity index is 3.30. The van der Waals surface area contributed by atoms with Crippen LogP contribution in [0.2, 0.25) is 0 Å². The van der Waals surface area contributed by atoms with Crippen molar-refractivity contribution >= 4 is 34.4 Å². The van der Waals surface area contributed by atoms with E-state index in [0.717, 1.165) is 12.2 Å². The van der Waals surface area contributed by atoms with E-state index in [1.54, 1.807) is 0 Å². The first-order valence-corrected chi connectivity index (χ1v) is 4.48. The average molecular weight is 194 g/mol. The van der Waals surface area contributed by atoms with Gasteiger partial charge in [-0.2, -0.15) is 0 Å². The van der Waals surface area contributed by atoms with Gasteiger partial charge in [0.05, 0.1) is 0 Å². The van der Waals surface area contributed by atoms with Crippen molar-refractivity contribution in [3.63, 3.8) is 0 Å². The summed E-state index contributed by atoms with van der Waals surface area (Å²) in [6.45, 7) is 2.03. The predicted octanol–water partition coefficient (Wildman–Crippen LogP) is 1.19. The first-order valence-electron chi connectivity index (χ1n) is 3.08. The highest BCUT2D eigenvalue weighted by Gasteiger charge is 1.96. The molecule has 0 bridgehead atoms. The van der Waals surface area contributed by atoms with Gasteiger partial charge < -0.3 is 5.11 Å². The van der Waals surface area contributed by atoms with Gasteiger partial charge in [-0.05, 0) is 6.42 Å². The van der Waals surface area contributed by atoms with E-state index in [2.05, 4.69) is 5.43 Å². The summed E-state index contributed by atoms with van der Waals surface area (Å²) in [5, 5.41) is 8.15. The SMILES string of the molecule is CCCSC(=S)NNC(=O)O. The molecule has 0 aromatic heterocycles. The molecule has 0 aliphatic heterocycles. The summed E-state index contributed by atoms with van der Waals surface area (Å²) in [7, 11) is 0. The number of hydrogen-bond donors (Lipinski definition) is 3. The van der Waals surface area contributed by atoms with Crippen molar-refractivity contribution in [2.75, 3.05) is 5.75 Å². The smallest absolute Gasteiger partial charge is 0.423 e. The topological polar surface area (TPSA) is 61.4 Å². The maximum atomic E-state index is 9.94. The molecule has 3 N–H and O–H groups in total. The molecule has 0 aliphatic rings. The highest BCUT2D eigenvalue weighted by Crippen LogP contribution is 2.01. The van der Waals surface area contributed by atoms with Crippen molar-refractivity contribution in [1.29, 1.82) is 0 Å². The highest BCUT2D eigenvalue weighted by atomic mass is 32.2. The molecule has 0 atom stereocenters. The lowest BCUT2D eigenvalue weighted by Crippen LogP contribution is -2.38. The number of carboxylic acid groups (broad SMARTS) is 1. The lowest BCUT2D eigenvalue weighted by atomic mass is 10.6. The predicted molar refractivity (Wildman–Crippen MR) is 49.6 cm³/mol. The van der Waals surface area contributed by atoms with Gasteiger partial charge in [0.25, 0.3) is 0 Å². The molecule has 11 heavy (non-hydrogen) atoms. The number of carbonyl (C=O) groups is 1. The van der Waals surface area contributed by atoms with E-state index in [1.807, 2.05) is 12.3 Å². The number of nitrogens with one attached hydrogen (secondary N) is 2. The molecule has 0 aliphatic carbocycles. The number of hydrogen-bond acceptors (Lipinski definition) is 3. The summed E-state index contributed by atoms with van der Waals surface area (Å²) in [5.41, 5.74) is 4.32. The lowest BCUT2D eigenvalue weighted by Gasteiger charge is -2.04. The maximum Gasteiger partial charge on any atom is 0.423 e. The van der Waals surface area contributed by atoms with Crippen LogP contribution in [0.5, 0.6) is 0 Å². The van der Waals surface area contributed by atoms with Crippen LogP contribution in [0.15, 0.2) is 0 Å². The molecule has 4 nitrogen and oxygen atoms in total. The van der Waals surface area contributed by atoms with E-state index < -0.39 is 6.09 Å². The minimum Gasteiger partial charge on any atom is -0.464 e. The maximum absolute atomic E-state index is 9.94. The minimum atomic E-state index is -1.13. The Morgan fingerprint density at radius 1 is 1.64 bits per heavy atom. The van der Waals surface area contributed by atoms with Gasteiger partial charge in [-0.25, -0.2) is 10.2 Å². The summed E-state index contributed by atoms with van der Waals surface area (Å²) in [6.07, 6.45) is -0.121. The molecule has 0 rings (SSSR count). The van der Waals surface area contributed by atoms with Crippen LogP contribution in [0.1, 0.15) is 13.3 Å². The van der Waals surface area contributed by atoms with Crippen molar-refractivity contribution in [3.05, 3.63) is 0 Å². The molecule has 6 heteroatoms. The normalized spacial score (nSPS) is 8.82. The molecule has 64 valence electrons. The Bertz CT molecular complexity index is 151. The highest BCUT2D eigenvalue weighted by molar-refractivity contribution is 8.22. The molecule has 0 saturated heterocycles. The molecule has 1 amide bonds. The van der Waals surface area contributed by atoms with Gasteiger partial charge in [-0.15, -0.1) is 0 Å². The van der Waals surface area contributed by atoms with Crippen molar-refractivity contribution in [1.82, 2.24) is 10.9 Å². The van der Waals surface area contributed by atoms with Crippen molar-refractivity contribution in [3.8, 4) is 0 Å². The molecule has 0 spiro atoms. The Kier molecular flexibility index (Phi) is 5.96. The fourth-order valence-corrected chi connectivity index (χ4v) is 1.15. The number of thiocarbonyl (C=S) groups is 1. The summed E-state index contributed by atoms with van der Waals surface area (Å²) >= 11 is 6.18. The van der Waals surface area contributed by atoms with Gasteiger partial charge in [0, 0.05) is 5.75 Å². The Hall–Kier alpha value is -0.490. The van der Waals surface area contributed by atoms with Crippen LogP contribution in [0.4, 0.5) is 4.79 Å². The van der Waals surface area contributed by atoms with Crippen molar-refractivity contribution in [2.24, 2.45) is 0 Å². The third kappa shape index (κ3) is 7.41. The first-order chi connectivity index (χ1) is 5.16. The standard InChI is InChI=1S/C5H10N2O2S2/c1-2-3-11-5(10)7-6-4(8)9/h6H,2-3H2,1H3,(H,7,10)(H,8,9). The van der Waals surface area contributed by atoms with Crippen LogP contribution in [0, 0.1) is 0 Å². The van der Waals surface area contributed by atoms with Crippen LogP contribution in [-0.2, 0) is 0 Å². The molecule has 0 aromatic rings. The zero-order valence-electron chi connectivity index (χ0n) is 6.09. The van der Waals surface area contributed by atoms with Crippen LogP contribution in [-0.4, -0.2) is 21.3 Å². The molecule has 0 saturated carbocycles. The fraction of sp³-hybridized carbons (Fsp3) is 0.600. The largest absolute Gasteiger partial charge is 0.464 e. The zero-order chi connectivity index (χ0) is 8.69. The Morgan fingerprint density at radius 3 is 2.73 bits per heavy atom. The number of thioether (sulfide) groups is 1. The molecule has 0 aromatic carbocycles. The van der Waals surface area contributed by atoms with Crippen molar-refractivity contribution in [2.45, 2.75) is 13.3 Å². The molecular weight excluding hydrogens is 184 g/mol. The van der Waals surface area contributed by atoms with Crippen LogP contribution < -0.4 is 10.9 Å². The molecular formula is C5H10N2O2S2. The summed E-state index contributed by atoms with van der Waals surface area (Å²) in [6, 6.07) is 0. The third-order valence-corrected chi connectivity index (χ3v) is 2.14. The van der Waals surface area contributed by atoms with Gasteiger partial charge in [0.1, 0.15) is 0 Å². The molecule has 0 radical (unpaired) electrons. The number of hydrazine groups is 1. The Labute approximate surface area is 74.7 Å². The number of rotatable bonds is 2. The molecule has 0 fully saturated rings. The lowest BCUT2D eigenvalue weighted by molar-refractivity contribution is 0.192. The number of amides is 1. The first kappa shape index (κ1) is 10.5. The van der Waals surface area contributed by atoms with E-state index in [1.165, 1.54) is 11.8 Å². The van der Waals surface area contributed by atoms with Crippen LogP contribution in [0.25, 0.3) is 0 Å². The van der Waals surface area contributed by atoms with Gasteiger partial charge in [-0.1, -0.05) is 30.9 Å². The monoisotopic (exact) mass is 194 g/mol. The second-order valence-electron chi connectivity index (χ2n) is 1.69. The third-order valence-electron chi connectivity index (χ3n) is 0.709. The Morgan fingerprint density at radius 2 is 2.27 bits per heavy atom. The molecule has 0 heterocycles. The second-order valence-corrected chi connectivity index (χ2v) is 3.46. The van der Waals surface area contributed by atoms with Crippen LogP contribution in [0.3, 0.4) is 0 Å². The minimum absolute atomic E-state index is 0.453. The van der Waals surface area contributed by atoms with Gasteiger partial charge in [0.15, 0.2) is 4.32 Å². The van der Waals surface area contributed by atoms with E-state index >= 15 is 0 Å². The fourth-order valence-electron chi connectivity index (χ4n) is 0.335. The summed E-state index contributed by atoms with van der Waals surface area (Å²) in [5.74, 6) is 0.896. The van der Waals surface area contributed by atoms with E-state index in [-0.39, 0.29) is 0 Å². The quantitative estimate of drug-likeness (QED) is 0.455. The van der Waals surface area contributed by atoms with E-state index in [0.29, 0.717) is 4.32 Å². The summed E-state index contributed by atoms with van der Waals surface area (Å²) < 4.78 is 0.453. The van der Waals surface area contributed by atoms with Gasteiger partial charge in [0.2, 0.25) is 0 Å². The van der Waals surface area contributed by atoms with Gasteiger partial charge in [-0.3, -0.25) is 5.43 Å². The van der Waals surface area contributed by atoms with Crippen molar-refractivity contribution < 1.29 is 9.90 Å². The second kappa shape index (κ2) is 6.23. The zero-order valence-corrected chi connectivity index (χ0v) is 7.72. The van der Waals surface area contributed by atoms with E-state index in [4.69, 9.17) is 17.3 Å². The summed E-state index contributed by atoms with van der Waals surface area (Å²) in [4.78, 5) is 9.94. The van der Waals surface area contributed by atoms with E-state index in [9.17, 15) is 4.79 Å². The average Bonchev–Trinajstić information content (AvgIpc) is 1.97. The van der Waals surface area contributed by atoms with Crippen LogP contribution >= 0.6 is 24.0 Å².